The molecule has 0 saturated carbocycles. The third kappa shape index (κ3) is 3.24. The fourth-order valence-electron chi connectivity index (χ4n) is 0.725. The first kappa shape index (κ1) is 10.3. The van der Waals surface area contributed by atoms with E-state index in [1.807, 2.05) is 0 Å². The highest BCUT2D eigenvalue weighted by Crippen LogP contribution is 2.32. The van der Waals surface area contributed by atoms with Crippen LogP contribution < -0.4 is 10.5 Å². The molecule has 13 heavy (non-hydrogen) atoms. The van der Waals surface area contributed by atoms with E-state index in [0.29, 0.717) is 5.69 Å². The molecule has 0 unspecified atom stereocenters. The summed E-state index contributed by atoms with van der Waals surface area (Å²) in [5, 5.41) is -0.0136. The molecule has 2 nitrogen and oxygen atoms in total. The molecule has 0 bridgehead atoms. The second-order valence-corrected chi connectivity index (χ2v) is 3.08. The standard InChI is InChI=1S/C7H5Cl2F2NO/c8-5-3-4(12)1-2-6(5)13-7(9,10)11/h1-3H,12H2. The third-order valence-corrected chi connectivity index (χ3v) is 1.55. The first-order chi connectivity index (χ1) is 5.88. The Labute approximate surface area is 83.2 Å². The first-order valence-electron chi connectivity index (χ1n) is 3.19. The van der Waals surface area contributed by atoms with Crippen LogP contribution in [0.1, 0.15) is 0 Å². The highest BCUT2D eigenvalue weighted by atomic mass is 35.5. The van der Waals surface area contributed by atoms with Crippen molar-refractivity contribution < 1.29 is 13.5 Å². The topological polar surface area (TPSA) is 35.2 Å². The quantitative estimate of drug-likeness (QED) is 0.623. The van der Waals surface area contributed by atoms with Gasteiger partial charge in [-0.25, -0.2) is 0 Å². The van der Waals surface area contributed by atoms with E-state index in [9.17, 15) is 8.78 Å². The molecule has 0 aliphatic heterocycles. The van der Waals surface area contributed by atoms with E-state index in [0.717, 1.165) is 0 Å². The predicted octanol–water partition coefficient (Wildman–Crippen LogP) is 3.09. The number of hydrogen-bond acceptors (Lipinski definition) is 2. The largest absolute Gasteiger partial charge is 0.487 e. The van der Waals surface area contributed by atoms with Crippen molar-refractivity contribution in [3.63, 3.8) is 0 Å². The van der Waals surface area contributed by atoms with Crippen LogP contribution in [0.2, 0.25) is 5.02 Å². The van der Waals surface area contributed by atoms with Crippen LogP contribution in [-0.4, -0.2) is 5.57 Å². The lowest BCUT2D eigenvalue weighted by molar-refractivity contribution is -0.0964. The fraction of sp³-hybridized carbons (Fsp3) is 0.143. The minimum absolute atomic E-state index is 0.0136. The monoisotopic (exact) mass is 227 g/mol. The smallest absolute Gasteiger partial charge is 0.418 e. The van der Waals surface area contributed by atoms with Crippen LogP contribution in [0.5, 0.6) is 5.75 Å². The molecule has 1 aromatic rings. The van der Waals surface area contributed by atoms with E-state index >= 15 is 0 Å². The van der Waals surface area contributed by atoms with Crippen molar-refractivity contribution in [3.8, 4) is 5.75 Å². The zero-order valence-electron chi connectivity index (χ0n) is 6.23. The Hall–Kier alpha value is -0.740. The molecule has 0 saturated heterocycles. The number of alkyl halides is 3. The van der Waals surface area contributed by atoms with E-state index in [-0.39, 0.29) is 10.8 Å². The van der Waals surface area contributed by atoms with Gasteiger partial charge >= 0.3 is 5.57 Å². The summed E-state index contributed by atoms with van der Waals surface area (Å²) in [6.07, 6.45) is 0. The minimum atomic E-state index is -3.76. The van der Waals surface area contributed by atoms with Gasteiger partial charge in [0.25, 0.3) is 0 Å². The summed E-state index contributed by atoms with van der Waals surface area (Å²) >= 11 is 10.1. The first-order valence-corrected chi connectivity index (χ1v) is 3.95. The number of anilines is 1. The average molecular weight is 228 g/mol. The number of hydrogen-bond donors (Lipinski definition) is 1. The summed E-state index contributed by atoms with van der Waals surface area (Å²) < 4.78 is 28.3. The van der Waals surface area contributed by atoms with E-state index in [4.69, 9.17) is 17.3 Å². The molecule has 2 N–H and O–H groups in total. The Balaban J connectivity index is 2.90. The average Bonchev–Trinajstić information content (AvgIpc) is 1.93. The summed E-state index contributed by atoms with van der Waals surface area (Å²) in [6, 6.07) is 3.89. The van der Waals surface area contributed by atoms with Gasteiger partial charge in [0, 0.05) is 17.3 Å². The second kappa shape index (κ2) is 3.55. The fourth-order valence-corrected chi connectivity index (χ4v) is 1.04. The molecule has 0 amide bonds. The van der Waals surface area contributed by atoms with Crippen molar-refractivity contribution in [1.82, 2.24) is 0 Å². The van der Waals surface area contributed by atoms with Crippen LogP contribution >= 0.6 is 23.2 Å². The highest BCUT2D eigenvalue weighted by Gasteiger charge is 2.28. The summed E-state index contributed by atoms with van der Waals surface area (Å²) in [6.45, 7) is 0. The van der Waals surface area contributed by atoms with Gasteiger partial charge in [0.2, 0.25) is 0 Å². The number of ether oxygens (including phenoxy) is 1. The van der Waals surface area contributed by atoms with Crippen molar-refractivity contribution in [1.29, 1.82) is 0 Å². The van der Waals surface area contributed by atoms with E-state index < -0.39 is 5.57 Å². The number of nitrogen functional groups attached to an aromatic ring is 1. The van der Waals surface area contributed by atoms with Gasteiger partial charge < -0.3 is 10.5 Å². The van der Waals surface area contributed by atoms with Gasteiger partial charge in [-0.05, 0) is 18.2 Å². The third-order valence-electron chi connectivity index (χ3n) is 1.18. The second-order valence-electron chi connectivity index (χ2n) is 2.24. The molecule has 1 aromatic carbocycles. The zero-order chi connectivity index (χ0) is 10.1. The van der Waals surface area contributed by atoms with E-state index in [2.05, 4.69) is 16.3 Å². The number of benzene rings is 1. The van der Waals surface area contributed by atoms with Crippen molar-refractivity contribution in [2.75, 3.05) is 5.73 Å². The minimum Gasteiger partial charge on any atom is -0.418 e. The summed E-state index contributed by atoms with van der Waals surface area (Å²) in [5.41, 5.74) is 1.92. The molecule has 0 aliphatic carbocycles. The van der Waals surface area contributed by atoms with Crippen molar-refractivity contribution in [2.45, 2.75) is 5.57 Å². The van der Waals surface area contributed by atoms with Crippen LogP contribution in [0.4, 0.5) is 14.5 Å². The molecule has 0 fully saturated rings. The van der Waals surface area contributed by atoms with E-state index in [1.54, 1.807) is 0 Å². The maximum Gasteiger partial charge on any atom is 0.487 e. The lowest BCUT2D eigenvalue weighted by Gasteiger charge is -2.11. The van der Waals surface area contributed by atoms with Crippen molar-refractivity contribution in [2.24, 2.45) is 0 Å². The van der Waals surface area contributed by atoms with E-state index in [1.165, 1.54) is 18.2 Å². The molecular formula is C7H5Cl2F2NO. The van der Waals surface area contributed by atoms with Crippen LogP contribution in [0, 0.1) is 0 Å². The van der Waals surface area contributed by atoms with Crippen LogP contribution in [0.15, 0.2) is 18.2 Å². The Morgan fingerprint density at radius 3 is 2.46 bits per heavy atom. The Kier molecular flexibility index (Phi) is 2.83. The molecule has 6 heteroatoms. The van der Waals surface area contributed by atoms with Gasteiger partial charge in [-0.2, -0.15) is 0 Å². The van der Waals surface area contributed by atoms with Crippen LogP contribution in [0.25, 0.3) is 0 Å². The SMILES string of the molecule is Nc1ccc(OC(F)(F)Cl)c(Cl)c1. The molecule has 0 heterocycles. The summed E-state index contributed by atoms with van der Waals surface area (Å²) in [5.74, 6) is -0.212. The van der Waals surface area contributed by atoms with Crippen molar-refractivity contribution in [3.05, 3.63) is 23.2 Å². The Morgan fingerprint density at radius 2 is 2.00 bits per heavy atom. The molecule has 0 spiro atoms. The Bertz CT molecular complexity index is 314. The van der Waals surface area contributed by atoms with Gasteiger partial charge in [0.05, 0.1) is 5.02 Å². The number of rotatable bonds is 2. The molecule has 1 rings (SSSR count). The highest BCUT2D eigenvalue weighted by molar-refractivity contribution is 6.32. The molecular weight excluding hydrogens is 223 g/mol. The van der Waals surface area contributed by atoms with Crippen LogP contribution in [-0.2, 0) is 0 Å². The maximum absolute atomic E-state index is 12.1. The predicted molar refractivity (Wildman–Crippen MR) is 47.3 cm³/mol. The number of halogens is 4. The number of nitrogens with two attached hydrogens (primary N) is 1. The molecule has 0 atom stereocenters. The van der Waals surface area contributed by atoms with Gasteiger partial charge in [0.1, 0.15) is 5.75 Å². The molecule has 0 aromatic heterocycles. The summed E-state index contributed by atoms with van der Waals surface area (Å²) in [4.78, 5) is 0. The zero-order valence-corrected chi connectivity index (χ0v) is 7.74. The lowest BCUT2D eigenvalue weighted by Crippen LogP contribution is -2.15. The maximum atomic E-state index is 12.1. The molecule has 0 aliphatic rings. The van der Waals surface area contributed by atoms with Gasteiger partial charge in [-0.3, -0.25) is 0 Å². The lowest BCUT2D eigenvalue weighted by atomic mass is 10.3. The van der Waals surface area contributed by atoms with Gasteiger partial charge in [0.15, 0.2) is 0 Å². The molecule has 0 radical (unpaired) electrons. The molecule has 72 valence electrons. The Morgan fingerprint density at radius 1 is 1.38 bits per heavy atom. The van der Waals surface area contributed by atoms with Crippen LogP contribution in [0.3, 0.4) is 0 Å². The van der Waals surface area contributed by atoms with Gasteiger partial charge in [-0.15, -0.1) is 8.78 Å². The van der Waals surface area contributed by atoms with Crippen molar-refractivity contribution >= 4 is 28.9 Å². The normalized spacial score (nSPS) is 11.4. The van der Waals surface area contributed by atoms with Gasteiger partial charge in [-0.1, -0.05) is 11.6 Å². The summed E-state index contributed by atoms with van der Waals surface area (Å²) in [7, 11) is 0.